The fourth-order valence-corrected chi connectivity index (χ4v) is 4.27. The van der Waals surface area contributed by atoms with Gasteiger partial charge in [0, 0.05) is 48.8 Å². The van der Waals surface area contributed by atoms with Crippen LogP contribution in [0, 0.1) is 0 Å². The van der Waals surface area contributed by atoms with E-state index in [2.05, 4.69) is 26.1 Å². The van der Waals surface area contributed by atoms with E-state index < -0.39 is 0 Å². The van der Waals surface area contributed by atoms with Crippen molar-refractivity contribution in [3.05, 3.63) is 72.4 Å². The van der Waals surface area contributed by atoms with E-state index in [9.17, 15) is 4.79 Å². The van der Waals surface area contributed by atoms with Crippen LogP contribution in [0.25, 0.3) is 22.2 Å². The Bertz CT molecular complexity index is 1230. The van der Waals surface area contributed by atoms with Crippen LogP contribution in [-0.2, 0) is 11.2 Å². The maximum absolute atomic E-state index is 12.9. The number of carbonyl (C=O) groups excluding carboxylic acids is 1. The highest BCUT2D eigenvalue weighted by atomic mass is 16.5. The van der Waals surface area contributed by atoms with Crippen LogP contribution in [-0.4, -0.2) is 58.8 Å². The van der Waals surface area contributed by atoms with Crippen molar-refractivity contribution in [1.29, 1.82) is 0 Å². The number of carbonyl (C=O) groups is 1. The fourth-order valence-electron chi connectivity index (χ4n) is 4.27. The molecule has 7 nitrogen and oxygen atoms in total. The standard InChI is InChI=1S/C26H27N5O2/c1-2-33-21-9-7-19(8-10-21)23-11-12-25(29-28-23)30-13-15-31(16-14-30)26(32)17-20-18-27-24-6-4-3-5-22(20)24/h3-12,18,27H,2,13-17H2,1H3. The number of H-pyrrole nitrogens is 1. The van der Waals surface area contributed by atoms with Crippen LogP contribution in [0.15, 0.2) is 66.9 Å². The van der Waals surface area contributed by atoms with Gasteiger partial charge in [0.25, 0.3) is 0 Å². The third-order valence-corrected chi connectivity index (χ3v) is 6.08. The number of aromatic nitrogens is 3. The molecule has 0 spiro atoms. The molecule has 0 radical (unpaired) electrons. The van der Waals surface area contributed by atoms with E-state index in [4.69, 9.17) is 4.74 Å². The number of nitrogens with zero attached hydrogens (tertiary/aromatic N) is 4. The molecule has 0 saturated carbocycles. The molecule has 1 saturated heterocycles. The summed E-state index contributed by atoms with van der Waals surface area (Å²) >= 11 is 0. The van der Waals surface area contributed by atoms with Crippen LogP contribution in [0.2, 0.25) is 0 Å². The summed E-state index contributed by atoms with van der Waals surface area (Å²) in [7, 11) is 0. The van der Waals surface area contributed by atoms with E-state index in [-0.39, 0.29) is 5.91 Å². The zero-order valence-electron chi connectivity index (χ0n) is 18.7. The Morgan fingerprint density at radius 2 is 1.76 bits per heavy atom. The zero-order chi connectivity index (χ0) is 22.6. The predicted molar refractivity (Wildman–Crippen MR) is 129 cm³/mol. The van der Waals surface area contributed by atoms with Crippen LogP contribution in [0.5, 0.6) is 5.75 Å². The number of benzene rings is 2. The van der Waals surface area contributed by atoms with Crippen molar-refractivity contribution in [2.75, 3.05) is 37.7 Å². The van der Waals surface area contributed by atoms with Gasteiger partial charge in [0.1, 0.15) is 5.75 Å². The molecule has 5 rings (SSSR count). The number of fused-ring (bicyclic) bond motifs is 1. The maximum atomic E-state index is 12.9. The average Bonchev–Trinajstić information content (AvgIpc) is 3.28. The van der Waals surface area contributed by atoms with Gasteiger partial charge < -0.3 is 19.5 Å². The fraction of sp³-hybridized carbons (Fsp3) is 0.269. The van der Waals surface area contributed by atoms with Gasteiger partial charge in [-0.15, -0.1) is 10.2 Å². The highest BCUT2D eigenvalue weighted by Crippen LogP contribution is 2.23. The minimum absolute atomic E-state index is 0.163. The maximum Gasteiger partial charge on any atom is 0.227 e. The number of nitrogens with one attached hydrogen (secondary N) is 1. The van der Waals surface area contributed by atoms with Gasteiger partial charge in [-0.25, -0.2) is 0 Å². The predicted octanol–water partition coefficient (Wildman–Crippen LogP) is 3.91. The number of anilines is 1. The Hall–Kier alpha value is -3.87. The quantitative estimate of drug-likeness (QED) is 0.491. The second kappa shape index (κ2) is 9.32. The monoisotopic (exact) mass is 441 g/mol. The molecule has 33 heavy (non-hydrogen) atoms. The SMILES string of the molecule is CCOc1ccc(-c2ccc(N3CCN(C(=O)Cc4c[nH]c5ccccc45)CC3)nn2)cc1. The van der Waals surface area contributed by atoms with Crippen LogP contribution in [0.1, 0.15) is 12.5 Å². The number of hydrogen-bond donors (Lipinski definition) is 1. The topological polar surface area (TPSA) is 74.3 Å². The molecule has 0 atom stereocenters. The summed E-state index contributed by atoms with van der Waals surface area (Å²) in [5.41, 5.74) is 3.95. The molecule has 1 amide bonds. The molecule has 0 aliphatic carbocycles. The Balaban J connectivity index is 1.18. The minimum Gasteiger partial charge on any atom is -0.494 e. The van der Waals surface area contributed by atoms with Gasteiger partial charge in [-0.05, 0) is 55.0 Å². The van der Waals surface area contributed by atoms with Crippen LogP contribution in [0.4, 0.5) is 5.82 Å². The molecule has 1 N–H and O–H groups in total. The summed E-state index contributed by atoms with van der Waals surface area (Å²) in [5, 5.41) is 9.97. The van der Waals surface area contributed by atoms with Crippen LogP contribution < -0.4 is 9.64 Å². The van der Waals surface area contributed by atoms with E-state index in [1.165, 1.54) is 0 Å². The molecule has 3 heterocycles. The average molecular weight is 442 g/mol. The molecular formula is C26H27N5O2. The first-order chi connectivity index (χ1) is 16.2. The first-order valence-corrected chi connectivity index (χ1v) is 11.4. The van der Waals surface area contributed by atoms with Crippen molar-refractivity contribution in [3.63, 3.8) is 0 Å². The lowest BCUT2D eigenvalue weighted by Crippen LogP contribution is -2.49. The van der Waals surface area contributed by atoms with Crippen molar-refractivity contribution >= 4 is 22.6 Å². The molecule has 0 bridgehead atoms. The lowest BCUT2D eigenvalue weighted by atomic mass is 10.1. The smallest absolute Gasteiger partial charge is 0.227 e. The van der Waals surface area contributed by atoms with Gasteiger partial charge in [0.2, 0.25) is 5.91 Å². The first kappa shape index (κ1) is 21.0. The molecular weight excluding hydrogens is 414 g/mol. The van der Waals surface area contributed by atoms with Gasteiger partial charge >= 0.3 is 0 Å². The summed E-state index contributed by atoms with van der Waals surface area (Å²) in [6, 6.07) is 20.0. The third-order valence-electron chi connectivity index (χ3n) is 6.08. The third kappa shape index (κ3) is 4.53. The number of hydrogen-bond acceptors (Lipinski definition) is 5. The molecule has 2 aromatic carbocycles. The number of rotatable bonds is 6. The van der Waals surface area contributed by atoms with Gasteiger partial charge in [0.05, 0.1) is 18.7 Å². The summed E-state index contributed by atoms with van der Waals surface area (Å²) in [4.78, 5) is 20.3. The lowest BCUT2D eigenvalue weighted by Gasteiger charge is -2.35. The lowest BCUT2D eigenvalue weighted by molar-refractivity contribution is -0.130. The largest absolute Gasteiger partial charge is 0.494 e. The molecule has 1 fully saturated rings. The van der Waals surface area contributed by atoms with Crippen molar-refractivity contribution in [3.8, 4) is 17.0 Å². The zero-order valence-corrected chi connectivity index (χ0v) is 18.7. The molecule has 1 aliphatic rings. The minimum atomic E-state index is 0.163. The van der Waals surface area contributed by atoms with Gasteiger partial charge in [-0.3, -0.25) is 4.79 Å². The molecule has 4 aromatic rings. The second-order valence-electron chi connectivity index (χ2n) is 8.14. The Morgan fingerprint density at radius 3 is 2.48 bits per heavy atom. The number of amides is 1. The molecule has 1 aliphatic heterocycles. The molecule has 7 heteroatoms. The van der Waals surface area contributed by atoms with Crippen LogP contribution >= 0.6 is 0 Å². The highest BCUT2D eigenvalue weighted by molar-refractivity contribution is 5.89. The Morgan fingerprint density at radius 1 is 0.970 bits per heavy atom. The Labute approximate surface area is 193 Å². The Kier molecular flexibility index (Phi) is 5.93. The normalized spacial score (nSPS) is 14.0. The van der Waals surface area contributed by atoms with E-state index in [0.29, 0.717) is 26.1 Å². The highest BCUT2D eigenvalue weighted by Gasteiger charge is 2.23. The van der Waals surface area contributed by atoms with Crippen molar-refractivity contribution < 1.29 is 9.53 Å². The second-order valence-corrected chi connectivity index (χ2v) is 8.14. The number of aromatic amines is 1. The van der Waals surface area contributed by atoms with Gasteiger partial charge in [0.15, 0.2) is 5.82 Å². The van der Waals surface area contributed by atoms with Crippen LogP contribution in [0.3, 0.4) is 0 Å². The van der Waals surface area contributed by atoms with Crippen molar-refractivity contribution in [1.82, 2.24) is 20.1 Å². The molecule has 0 unspecified atom stereocenters. The van der Waals surface area contributed by atoms with Gasteiger partial charge in [-0.1, -0.05) is 18.2 Å². The number of piperazine rings is 1. The van der Waals surface area contributed by atoms with Crippen molar-refractivity contribution in [2.24, 2.45) is 0 Å². The molecule has 2 aromatic heterocycles. The number of ether oxygens (including phenoxy) is 1. The number of para-hydroxylation sites is 1. The summed E-state index contributed by atoms with van der Waals surface area (Å²) in [6.07, 6.45) is 2.36. The van der Waals surface area contributed by atoms with E-state index in [1.54, 1.807) is 0 Å². The van der Waals surface area contributed by atoms with E-state index in [1.807, 2.05) is 72.6 Å². The molecule has 168 valence electrons. The van der Waals surface area contributed by atoms with Gasteiger partial charge in [-0.2, -0.15) is 0 Å². The summed E-state index contributed by atoms with van der Waals surface area (Å²) in [6.45, 7) is 5.48. The first-order valence-electron chi connectivity index (χ1n) is 11.4. The van der Waals surface area contributed by atoms with E-state index >= 15 is 0 Å². The summed E-state index contributed by atoms with van der Waals surface area (Å²) in [5.74, 6) is 1.85. The van der Waals surface area contributed by atoms with E-state index in [0.717, 1.165) is 52.4 Å². The van der Waals surface area contributed by atoms with Crippen molar-refractivity contribution in [2.45, 2.75) is 13.3 Å². The summed E-state index contributed by atoms with van der Waals surface area (Å²) < 4.78 is 5.50.